The molecule has 1 saturated carbocycles. The predicted octanol–water partition coefficient (Wildman–Crippen LogP) is 2.63. The lowest BCUT2D eigenvalue weighted by molar-refractivity contribution is 0.338. The highest BCUT2D eigenvalue weighted by molar-refractivity contribution is 4.99. The fourth-order valence-electron chi connectivity index (χ4n) is 3.69. The molecule has 0 aromatic carbocycles. The molecule has 1 aromatic rings. The highest BCUT2D eigenvalue weighted by atomic mass is 15.3. The Labute approximate surface area is 116 Å². The quantitative estimate of drug-likeness (QED) is 0.907. The molecule has 1 unspecified atom stereocenters. The van der Waals surface area contributed by atoms with Crippen LogP contribution in [0.1, 0.15) is 62.6 Å². The predicted molar refractivity (Wildman–Crippen MR) is 76.2 cm³/mol. The van der Waals surface area contributed by atoms with Gasteiger partial charge in [-0.15, -0.1) is 10.2 Å². The second kappa shape index (κ2) is 6.04. The van der Waals surface area contributed by atoms with Crippen LogP contribution in [0.5, 0.6) is 0 Å². The summed E-state index contributed by atoms with van der Waals surface area (Å²) in [6.45, 7) is 4.50. The lowest BCUT2D eigenvalue weighted by Gasteiger charge is -2.25. The van der Waals surface area contributed by atoms with Crippen molar-refractivity contribution in [2.75, 3.05) is 13.1 Å². The number of nitrogens with one attached hydrogen (secondary N) is 1. The van der Waals surface area contributed by atoms with Gasteiger partial charge in [-0.3, -0.25) is 0 Å². The van der Waals surface area contributed by atoms with Crippen molar-refractivity contribution in [3.63, 3.8) is 0 Å². The number of nitrogens with zero attached hydrogens (tertiary/aromatic N) is 3. The van der Waals surface area contributed by atoms with E-state index < -0.39 is 0 Å². The Morgan fingerprint density at radius 1 is 1.16 bits per heavy atom. The molecule has 1 aliphatic heterocycles. The van der Waals surface area contributed by atoms with Crippen LogP contribution in [-0.4, -0.2) is 27.9 Å². The fourth-order valence-corrected chi connectivity index (χ4v) is 3.69. The van der Waals surface area contributed by atoms with Crippen LogP contribution in [0, 0.1) is 12.8 Å². The number of aromatic nitrogens is 3. The first-order valence-electron chi connectivity index (χ1n) is 7.95. The Kier molecular flexibility index (Phi) is 4.16. The molecule has 1 saturated heterocycles. The van der Waals surface area contributed by atoms with E-state index in [-0.39, 0.29) is 0 Å². The third-order valence-electron chi connectivity index (χ3n) is 4.82. The van der Waals surface area contributed by atoms with E-state index in [0.29, 0.717) is 6.04 Å². The number of hydrogen-bond acceptors (Lipinski definition) is 3. The average Bonchev–Trinajstić information content (AvgIpc) is 3.07. The van der Waals surface area contributed by atoms with E-state index in [1.54, 1.807) is 0 Å². The maximum Gasteiger partial charge on any atom is 0.133 e. The van der Waals surface area contributed by atoms with Gasteiger partial charge in [-0.05, 0) is 51.6 Å². The second-order valence-corrected chi connectivity index (χ2v) is 6.22. The summed E-state index contributed by atoms with van der Waals surface area (Å²) < 4.78 is 2.45. The minimum absolute atomic E-state index is 0.667. The van der Waals surface area contributed by atoms with Crippen molar-refractivity contribution in [2.45, 2.75) is 64.3 Å². The lowest BCUT2D eigenvalue weighted by Crippen LogP contribution is -2.18. The van der Waals surface area contributed by atoms with E-state index in [0.717, 1.165) is 18.2 Å². The topological polar surface area (TPSA) is 42.7 Å². The molecule has 3 rings (SSSR count). The van der Waals surface area contributed by atoms with Crippen LogP contribution < -0.4 is 5.32 Å². The summed E-state index contributed by atoms with van der Waals surface area (Å²) in [6, 6.07) is 0.667. The van der Waals surface area contributed by atoms with Crippen LogP contribution in [0.15, 0.2) is 0 Å². The zero-order chi connectivity index (χ0) is 13.1. The summed E-state index contributed by atoms with van der Waals surface area (Å²) in [6.07, 6.45) is 10.5. The van der Waals surface area contributed by atoms with Crippen molar-refractivity contribution in [3.8, 4) is 0 Å². The summed E-state index contributed by atoms with van der Waals surface area (Å²) in [5.74, 6) is 3.19. The molecule has 2 fully saturated rings. The minimum atomic E-state index is 0.667. The Morgan fingerprint density at radius 2 is 2.00 bits per heavy atom. The summed E-state index contributed by atoms with van der Waals surface area (Å²) in [5.41, 5.74) is 0. The van der Waals surface area contributed by atoms with Gasteiger partial charge in [0.25, 0.3) is 0 Å². The van der Waals surface area contributed by atoms with Gasteiger partial charge in [0.2, 0.25) is 0 Å². The van der Waals surface area contributed by atoms with Crippen molar-refractivity contribution >= 4 is 0 Å². The minimum Gasteiger partial charge on any atom is -0.316 e. The molecule has 1 N–H and O–H groups in total. The molecule has 106 valence electrons. The standard InChI is InChI=1S/C15H26N4/c1-12-17-18-15(8-7-13-9-10-16-11-13)19(12)14-5-3-2-4-6-14/h13-14,16H,2-11H2,1H3. The smallest absolute Gasteiger partial charge is 0.133 e. The van der Waals surface area contributed by atoms with Gasteiger partial charge >= 0.3 is 0 Å². The Morgan fingerprint density at radius 3 is 2.74 bits per heavy atom. The molecule has 19 heavy (non-hydrogen) atoms. The van der Waals surface area contributed by atoms with Crippen LogP contribution in [0.3, 0.4) is 0 Å². The molecule has 4 nitrogen and oxygen atoms in total. The SMILES string of the molecule is Cc1nnc(CCC2CCNC2)n1C1CCCCC1. The van der Waals surface area contributed by atoms with Gasteiger partial charge in [0.05, 0.1) is 0 Å². The Hall–Kier alpha value is -0.900. The highest BCUT2D eigenvalue weighted by Crippen LogP contribution is 2.30. The summed E-state index contributed by atoms with van der Waals surface area (Å²) in [5, 5.41) is 12.2. The van der Waals surface area contributed by atoms with Crippen LogP contribution in [0.2, 0.25) is 0 Å². The molecule has 2 aliphatic rings. The molecule has 1 aromatic heterocycles. The number of aryl methyl sites for hydroxylation is 2. The van der Waals surface area contributed by atoms with Gasteiger partial charge in [-0.2, -0.15) is 0 Å². The monoisotopic (exact) mass is 262 g/mol. The van der Waals surface area contributed by atoms with E-state index in [4.69, 9.17) is 0 Å². The van der Waals surface area contributed by atoms with E-state index >= 15 is 0 Å². The first-order valence-corrected chi connectivity index (χ1v) is 7.95. The van der Waals surface area contributed by atoms with Crippen molar-refractivity contribution in [3.05, 3.63) is 11.6 Å². The number of rotatable bonds is 4. The molecule has 1 atom stereocenters. The third-order valence-corrected chi connectivity index (χ3v) is 4.82. The van der Waals surface area contributed by atoms with Crippen molar-refractivity contribution in [2.24, 2.45) is 5.92 Å². The second-order valence-electron chi connectivity index (χ2n) is 6.22. The van der Waals surface area contributed by atoms with E-state index in [1.165, 1.54) is 63.9 Å². The van der Waals surface area contributed by atoms with Crippen LogP contribution in [-0.2, 0) is 6.42 Å². The zero-order valence-corrected chi connectivity index (χ0v) is 12.1. The molecule has 0 radical (unpaired) electrons. The molecule has 4 heteroatoms. The van der Waals surface area contributed by atoms with E-state index in [9.17, 15) is 0 Å². The molecular formula is C15H26N4. The molecule has 0 amide bonds. The van der Waals surface area contributed by atoms with E-state index in [2.05, 4.69) is 27.0 Å². The molecule has 0 bridgehead atoms. The summed E-state index contributed by atoms with van der Waals surface area (Å²) in [7, 11) is 0. The number of hydrogen-bond donors (Lipinski definition) is 1. The normalized spacial score (nSPS) is 25.0. The fraction of sp³-hybridized carbons (Fsp3) is 0.867. The van der Waals surface area contributed by atoms with Crippen molar-refractivity contribution in [1.29, 1.82) is 0 Å². The van der Waals surface area contributed by atoms with Crippen LogP contribution in [0.4, 0.5) is 0 Å². The maximum absolute atomic E-state index is 4.44. The highest BCUT2D eigenvalue weighted by Gasteiger charge is 2.22. The molecule has 0 spiro atoms. The van der Waals surface area contributed by atoms with Gasteiger partial charge < -0.3 is 9.88 Å². The zero-order valence-electron chi connectivity index (χ0n) is 12.1. The third kappa shape index (κ3) is 2.99. The Balaban J connectivity index is 1.66. The molecular weight excluding hydrogens is 236 g/mol. The van der Waals surface area contributed by atoms with Gasteiger partial charge in [-0.25, -0.2) is 0 Å². The Bertz CT molecular complexity index is 400. The van der Waals surface area contributed by atoms with Gasteiger partial charge in [0, 0.05) is 12.5 Å². The van der Waals surface area contributed by atoms with Gasteiger partial charge in [0.15, 0.2) is 0 Å². The first kappa shape index (κ1) is 13.1. The van der Waals surface area contributed by atoms with E-state index in [1.807, 2.05) is 0 Å². The van der Waals surface area contributed by atoms with Gasteiger partial charge in [-0.1, -0.05) is 19.3 Å². The van der Waals surface area contributed by atoms with Crippen molar-refractivity contribution in [1.82, 2.24) is 20.1 Å². The first-order chi connectivity index (χ1) is 9.34. The molecule has 1 aliphatic carbocycles. The summed E-state index contributed by atoms with van der Waals surface area (Å²) in [4.78, 5) is 0. The maximum atomic E-state index is 4.44. The van der Waals surface area contributed by atoms with Crippen LogP contribution in [0.25, 0.3) is 0 Å². The summed E-state index contributed by atoms with van der Waals surface area (Å²) >= 11 is 0. The largest absolute Gasteiger partial charge is 0.316 e. The molecule has 2 heterocycles. The average molecular weight is 262 g/mol. The lowest BCUT2D eigenvalue weighted by atomic mass is 9.94. The van der Waals surface area contributed by atoms with Gasteiger partial charge in [0.1, 0.15) is 11.6 Å². The van der Waals surface area contributed by atoms with Crippen LogP contribution >= 0.6 is 0 Å². The van der Waals surface area contributed by atoms with Crippen molar-refractivity contribution < 1.29 is 0 Å².